The van der Waals surface area contributed by atoms with Crippen molar-refractivity contribution in [2.75, 3.05) is 20.8 Å². The van der Waals surface area contributed by atoms with E-state index in [1.807, 2.05) is 31.2 Å². The molecule has 0 saturated heterocycles. The van der Waals surface area contributed by atoms with Gasteiger partial charge in [-0.25, -0.2) is 0 Å². The second-order valence-corrected chi connectivity index (χ2v) is 6.15. The van der Waals surface area contributed by atoms with E-state index in [0.29, 0.717) is 12.2 Å². The van der Waals surface area contributed by atoms with Crippen LogP contribution in [0.1, 0.15) is 40.3 Å². The molecule has 3 rings (SSSR count). The number of aromatic amines is 1. The van der Waals surface area contributed by atoms with Gasteiger partial charge in [-0.1, -0.05) is 12.1 Å². The van der Waals surface area contributed by atoms with Crippen molar-refractivity contribution >= 4 is 5.91 Å². The molecule has 1 aliphatic heterocycles. The number of carbonyl (C=O) groups excluding carboxylic acids is 1. The van der Waals surface area contributed by atoms with E-state index < -0.39 is 0 Å². The molecule has 134 valence electrons. The van der Waals surface area contributed by atoms with E-state index in [1.165, 1.54) is 0 Å². The van der Waals surface area contributed by atoms with Crippen LogP contribution >= 0.6 is 0 Å². The summed E-state index contributed by atoms with van der Waals surface area (Å²) in [6.07, 6.45) is 0.597. The van der Waals surface area contributed by atoms with Gasteiger partial charge in [0.25, 0.3) is 5.91 Å². The number of hydrogen-bond donors (Lipinski definition) is 3. The van der Waals surface area contributed by atoms with Crippen LogP contribution in [-0.2, 0) is 17.7 Å². The lowest BCUT2D eigenvalue weighted by Gasteiger charge is -2.24. The molecule has 7 nitrogen and oxygen atoms in total. The highest BCUT2D eigenvalue weighted by molar-refractivity contribution is 5.94. The van der Waals surface area contributed by atoms with Gasteiger partial charge in [0.1, 0.15) is 11.9 Å². The lowest BCUT2D eigenvalue weighted by atomic mass is 10.0. The van der Waals surface area contributed by atoms with Gasteiger partial charge in [-0.15, -0.1) is 0 Å². The van der Waals surface area contributed by atoms with E-state index in [1.54, 1.807) is 14.2 Å². The third-order valence-electron chi connectivity index (χ3n) is 4.53. The van der Waals surface area contributed by atoms with E-state index in [-0.39, 0.29) is 18.1 Å². The molecule has 25 heavy (non-hydrogen) atoms. The Balaban J connectivity index is 1.71. The van der Waals surface area contributed by atoms with E-state index in [2.05, 4.69) is 20.8 Å². The molecule has 2 unspecified atom stereocenters. The number of methoxy groups -OCH3 is 2. The molecular formula is C18H24N4O3. The summed E-state index contributed by atoms with van der Waals surface area (Å²) in [6, 6.07) is 7.43. The molecule has 0 saturated carbocycles. The Morgan fingerprint density at radius 1 is 1.28 bits per heavy atom. The predicted octanol–water partition coefficient (Wildman–Crippen LogP) is 1.57. The largest absolute Gasteiger partial charge is 0.497 e. The SMILES string of the molecule is COc1ccc(C(OC)C(C)NC(=O)c2n[nH]c3c2CNCC3)cc1. The van der Waals surface area contributed by atoms with Gasteiger partial charge in [0.2, 0.25) is 0 Å². The number of aromatic nitrogens is 2. The molecule has 1 aliphatic rings. The molecule has 1 amide bonds. The number of rotatable bonds is 6. The number of hydrogen-bond acceptors (Lipinski definition) is 5. The van der Waals surface area contributed by atoms with Crippen LogP contribution in [0.4, 0.5) is 0 Å². The topological polar surface area (TPSA) is 88.3 Å². The second kappa shape index (κ2) is 7.67. The number of nitrogens with one attached hydrogen (secondary N) is 3. The predicted molar refractivity (Wildman–Crippen MR) is 93.7 cm³/mol. The minimum Gasteiger partial charge on any atom is -0.497 e. The molecule has 1 aromatic heterocycles. The number of ether oxygens (including phenoxy) is 2. The Labute approximate surface area is 147 Å². The quantitative estimate of drug-likeness (QED) is 0.740. The van der Waals surface area contributed by atoms with Gasteiger partial charge in [-0.05, 0) is 24.6 Å². The van der Waals surface area contributed by atoms with Crippen LogP contribution in [0.2, 0.25) is 0 Å². The summed E-state index contributed by atoms with van der Waals surface area (Å²) in [5.41, 5.74) is 3.42. The maximum Gasteiger partial charge on any atom is 0.272 e. The molecule has 0 aliphatic carbocycles. The lowest BCUT2D eigenvalue weighted by Crippen LogP contribution is -2.38. The average molecular weight is 344 g/mol. The molecule has 2 heterocycles. The number of fused-ring (bicyclic) bond motifs is 1. The van der Waals surface area contributed by atoms with Crippen LogP contribution in [0.5, 0.6) is 5.75 Å². The van der Waals surface area contributed by atoms with Crippen LogP contribution in [0.3, 0.4) is 0 Å². The normalized spacial score (nSPS) is 16.0. The van der Waals surface area contributed by atoms with Crippen molar-refractivity contribution in [2.45, 2.75) is 32.0 Å². The summed E-state index contributed by atoms with van der Waals surface area (Å²) >= 11 is 0. The molecule has 7 heteroatoms. The van der Waals surface area contributed by atoms with Crippen molar-refractivity contribution in [3.63, 3.8) is 0 Å². The van der Waals surface area contributed by atoms with Gasteiger partial charge < -0.3 is 20.1 Å². The van der Waals surface area contributed by atoms with Gasteiger partial charge in [0, 0.05) is 37.9 Å². The number of benzene rings is 1. The number of nitrogens with zero attached hydrogens (tertiary/aromatic N) is 1. The molecule has 2 atom stereocenters. The Morgan fingerprint density at radius 3 is 2.72 bits per heavy atom. The average Bonchev–Trinajstić information content (AvgIpc) is 3.07. The lowest BCUT2D eigenvalue weighted by molar-refractivity contribution is 0.0641. The Bertz CT molecular complexity index is 726. The van der Waals surface area contributed by atoms with Crippen LogP contribution in [-0.4, -0.2) is 42.9 Å². The first-order valence-corrected chi connectivity index (χ1v) is 8.38. The van der Waals surface area contributed by atoms with Crippen molar-refractivity contribution in [2.24, 2.45) is 0 Å². The molecule has 0 spiro atoms. The maximum atomic E-state index is 12.6. The number of carbonyl (C=O) groups is 1. The van der Waals surface area contributed by atoms with Gasteiger partial charge in [0.15, 0.2) is 5.69 Å². The van der Waals surface area contributed by atoms with E-state index in [0.717, 1.165) is 35.5 Å². The minimum atomic E-state index is -0.261. The summed E-state index contributed by atoms with van der Waals surface area (Å²) in [7, 11) is 3.27. The fourth-order valence-corrected chi connectivity index (χ4v) is 3.19. The van der Waals surface area contributed by atoms with Crippen molar-refractivity contribution < 1.29 is 14.3 Å². The maximum absolute atomic E-state index is 12.6. The Kier molecular flexibility index (Phi) is 5.35. The van der Waals surface area contributed by atoms with E-state index in [4.69, 9.17) is 9.47 Å². The van der Waals surface area contributed by atoms with E-state index >= 15 is 0 Å². The minimum absolute atomic E-state index is 0.190. The summed E-state index contributed by atoms with van der Waals surface area (Å²) in [6.45, 7) is 3.48. The van der Waals surface area contributed by atoms with Gasteiger partial charge in [-0.2, -0.15) is 5.10 Å². The van der Waals surface area contributed by atoms with Gasteiger partial charge >= 0.3 is 0 Å². The molecule has 0 radical (unpaired) electrons. The van der Waals surface area contributed by atoms with E-state index in [9.17, 15) is 4.79 Å². The van der Waals surface area contributed by atoms with Gasteiger partial charge in [-0.3, -0.25) is 9.89 Å². The standard InChI is InChI=1S/C18H24N4O3/c1-11(17(25-3)12-4-6-13(24-2)7-5-12)20-18(23)16-14-10-19-9-8-15(14)21-22-16/h4-7,11,17,19H,8-10H2,1-3H3,(H,20,23)(H,21,22). The second-order valence-electron chi connectivity index (χ2n) is 6.15. The van der Waals surface area contributed by atoms with Crippen LogP contribution < -0.4 is 15.4 Å². The van der Waals surface area contributed by atoms with Crippen molar-refractivity contribution in [3.8, 4) is 5.75 Å². The van der Waals surface area contributed by atoms with Crippen LogP contribution in [0.15, 0.2) is 24.3 Å². The van der Waals surface area contributed by atoms with Crippen molar-refractivity contribution in [1.29, 1.82) is 0 Å². The molecule has 0 bridgehead atoms. The summed E-state index contributed by atoms with van der Waals surface area (Å²) < 4.78 is 10.8. The molecule has 0 fully saturated rings. The third-order valence-corrected chi connectivity index (χ3v) is 4.53. The third kappa shape index (κ3) is 3.67. The number of amides is 1. The Hall–Kier alpha value is -2.38. The first kappa shape index (κ1) is 17.4. The first-order valence-electron chi connectivity index (χ1n) is 8.38. The molecular weight excluding hydrogens is 320 g/mol. The molecule has 3 N–H and O–H groups in total. The zero-order valence-electron chi connectivity index (χ0n) is 14.8. The summed E-state index contributed by atoms with van der Waals surface area (Å²) in [5, 5.41) is 13.4. The fourth-order valence-electron chi connectivity index (χ4n) is 3.19. The summed E-state index contributed by atoms with van der Waals surface area (Å²) in [5.74, 6) is 0.593. The molecule has 1 aromatic carbocycles. The van der Waals surface area contributed by atoms with Crippen molar-refractivity contribution in [3.05, 3.63) is 46.8 Å². The molecule has 2 aromatic rings. The van der Waals surface area contributed by atoms with Crippen LogP contribution in [0.25, 0.3) is 0 Å². The monoisotopic (exact) mass is 344 g/mol. The highest BCUT2D eigenvalue weighted by Crippen LogP contribution is 2.24. The zero-order chi connectivity index (χ0) is 17.8. The first-order chi connectivity index (χ1) is 12.1. The zero-order valence-corrected chi connectivity index (χ0v) is 14.8. The van der Waals surface area contributed by atoms with Crippen LogP contribution in [0, 0.1) is 0 Å². The summed E-state index contributed by atoms with van der Waals surface area (Å²) in [4.78, 5) is 12.6. The number of H-pyrrole nitrogens is 1. The Morgan fingerprint density at radius 2 is 2.04 bits per heavy atom. The van der Waals surface area contributed by atoms with Crippen molar-refractivity contribution in [1.82, 2.24) is 20.8 Å². The van der Waals surface area contributed by atoms with Gasteiger partial charge in [0.05, 0.1) is 13.2 Å². The highest BCUT2D eigenvalue weighted by atomic mass is 16.5. The highest BCUT2D eigenvalue weighted by Gasteiger charge is 2.26. The fraction of sp³-hybridized carbons (Fsp3) is 0.444. The smallest absolute Gasteiger partial charge is 0.272 e.